The number of carbonyl (C=O) groups excluding carboxylic acids is 1. The fraction of sp³-hybridized carbons (Fsp3) is 0.222. The Morgan fingerprint density at radius 3 is 2.81 bits per heavy atom. The number of carboxylic acids is 1. The highest BCUT2D eigenvalue weighted by Crippen LogP contribution is 2.07. The van der Waals surface area contributed by atoms with Crippen LogP contribution in [0.15, 0.2) is 18.5 Å². The summed E-state index contributed by atoms with van der Waals surface area (Å²) in [5.74, 6) is -1.10. The van der Waals surface area contributed by atoms with Gasteiger partial charge in [0.15, 0.2) is 0 Å². The lowest BCUT2D eigenvalue weighted by molar-refractivity contribution is 0.0696. The van der Waals surface area contributed by atoms with Crippen LogP contribution in [0.25, 0.3) is 0 Å². The van der Waals surface area contributed by atoms with Gasteiger partial charge in [-0.15, -0.1) is 0 Å². The summed E-state index contributed by atoms with van der Waals surface area (Å²) in [5.41, 5.74) is 5.53. The summed E-state index contributed by atoms with van der Waals surface area (Å²) in [4.78, 5) is 25.5. The van der Waals surface area contributed by atoms with Crippen LogP contribution in [-0.2, 0) is 0 Å². The van der Waals surface area contributed by atoms with Crippen LogP contribution in [0.5, 0.6) is 0 Å². The number of anilines is 1. The van der Waals surface area contributed by atoms with Crippen LogP contribution in [-0.4, -0.2) is 35.2 Å². The number of urea groups is 1. The van der Waals surface area contributed by atoms with Gasteiger partial charge in [0.05, 0.1) is 17.4 Å². The first-order chi connectivity index (χ1) is 7.63. The Kier molecular flexibility index (Phi) is 4.22. The highest BCUT2D eigenvalue weighted by atomic mass is 16.4. The second-order valence-corrected chi connectivity index (χ2v) is 2.94. The fourth-order valence-electron chi connectivity index (χ4n) is 0.986. The molecule has 1 heterocycles. The van der Waals surface area contributed by atoms with E-state index in [2.05, 4.69) is 15.6 Å². The number of hydrogen-bond donors (Lipinski definition) is 4. The summed E-state index contributed by atoms with van der Waals surface area (Å²) >= 11 is 0. The Labute approximate surface area is 91.7 Å². The normalized spacial score (nSPS) is 9.56. The lowest BCUT2D eigenvalue weighted by Crippen LogP contribution is -2.32. The average molecular weight is 224 g/mol. The maximum absolute atomic E-state index is 11.2. The molecule has 0 saturated carbocycles. The van der Waals surface area contributed by atoms with Crippen molar-refractivity contribution in [3.05, 3.63) is 24.0 Å². The molecule has 1 rings (SSSR count). The van der Waals surface area contributed by atoms with Gasteiger partial charge in [0.2, 0.25) is 0 Å². The number of pyridine rings is 1. The Hall–Kier alpha value is -2.15. The number of amides is 2. The molecule has 2 amide bonds. The molecule has 0 radical (unpaired) electrons. The van der Waals surface area contributed by atoms with Crippen molar-refractivity contribution in [2.24, 2.45) is 5.73 Å². The van der Waals surface area contributed by atoms with E-state index in [0.717, 1.165) is 0 Å². The minimum atomic E-state index is -1.10. The second-order valence-electron chi connectivity index (χ2n) is 2.94. The van der Waals surface area contributed by atoms with E-state index < -0.39 is 12.0 Å². The van der Waals surface area contributed by atoms with Gasteiger partial charge in [-0.25, -0.2) is 9.59 Å². The van der Waals surface area contributed by atoms with Crippen LogP contribution in [0.1, 0.15) is 10.4 Å². The minimum Gasteiger partial charge on any atom is -0.478 e. The second kappa shape index (κ2) is 5.66. The number of nitrogens with zero attached hydrogens (tertiary/aromatic N) is 1. The van der Waals surface area contributed by atoms with Gasteiger partial charge in [-0.1, -0.05) is 0 Å². The number of nitrogens with two attached hydrogens (primary N) is 1. The molecule has 0 fully saturated rings. The largest absolute Gasteiger partial charge is 0.478 e. The minimum absolute atomic E-state index is 0.0108. The molecule has 0 spiro atoms. The molecule has 7 heteroatoms. The highest BCUT2D eigenvalue weighted by Gasteiger charge is 2.06. The van der Waals surface area contributed by atoms with Crippen molar-refractivity contribution < 1.29 is 14.7 Å². The van der Waals surface area contributed by atoms with E-state index in [1.54, 1.807) is 0 Å². The Bertz CT molecular complexity index is 394. The molecule has 0 unspecified atom stereocenters. The molecule has 7 nitrogen and oxygen atoms in total. The Morgan fingerprint density at radius 1 is 1.44 bits per heavy atom. The van der Waals surface area contributed by atoms with E-state index in [0.29, 0.717) is 18.8 Å². The average Bonchev–Trinajstić information content (AvgIpc) is 2.26. The molecule has 0 atom stereocenters. The topological polar surface area (TPSA) is 117 Å². The lowest BCUT2D eigenvalue weighted by Gasteiger charge is -2.06. The monoisotopic (exact) mass is 224 g/mol. The quantitative estimate of drug-likeness (QED) is 0.567. The van der Waals surface area contributed by atoms with E-state index in [4.69, 9.17) is 10.8 Å². The Morgan fingerprint density at radius 2 is 2.19 bits per heavy atom. The van der Waals surface area contributed by atoms with Gasteiger partial charge in [0, 0.05) is 19.3 Å². The summed E-state index contributed by atoms with van der Waals surface area (Å²) in [5, 5.41) is 13.6. The summed E-state index contributed by atoms with van der Waals surface area (Å²) in [6.45, 7) is 0.679. The third-order valence-electron chi connectivity index (χ3n) is 1.67. The molecule has 0 aliphatic carbocycles. The van der Waals surface area contributed by atoms with Crippen molar-refractivity contribution in [1.29, 1.82) is 0 Å². The molecule has 1 aromatic heterocycles. The number of hydrogen-bond acceptors (Lipinski definition) is 4. The van der Waals surface area contributed by atoms with Gasteiger partial charge in [-0.3, -0.25) is 4.98 Å². The van der Waals surface area contributed by atoms with Crippen molar-refractivity contribution in [3.8, 4) is 0 Å². The zero-order valence-corrected chi connectivity index (χ0v) is 8.43. The summed E-state index contributed by atoms with van der Waals surface area (Å²) < 4.78 is 0. The van der Waals surface area contributed by atoms with E-state index >= 15 is 0 Å². The maximum atomic E-state index is 11.2. The molecule has 16 heavy (non-hydrogen) atoms. The first-order valence-electron chi connectivity index (χ1n) is 4.56. The fourth-order valence-corrected chi connectivity index (χ4v) is 0.986. The van der Waals surface area contributed by atoms with Crippen LogP contribution in [0.2, 0.25) is 0 Å². The van der Waals surface area contributed by atoms with E-state index in [9.17, 15) is 9.59 Å². The number of aromatic carboxylic acids is 1. The lowest BCUT2D eigenvalue weighted by atomic mass is 10.3. The first kappa shape index (κ1) is 11.9. The molecule has 0 aliphatic rings. The van der Waals surface area contributed by atoms with Crippen LogP contribution in [0.3, 0.4) is 0 Å². The number of nitrogens with one attached hydrogen (secondary N) is 2. The first-order valence-corrected chi connectivity index (χ1v) is 4.56. The third kappa shape index (κ3) is 3.54. The van der Waals surface area contributed by atoms with Gasteiger partial charge in [0.1, 0.15) is 0 Å². The molecule has 0 saturated heterocycles. The molecular weight excluding hydrogens is 212 g/mol. The number of carbonyl (C=O) groups is 2. The van der Waals surface area contributed by atoms with Crippen molar-refractivity contribution in [1.82, 2.24) is 10.3 Å². The summed E-state index contributed by atoms with van der Waals surface area (Å²) in [6.07, 6.45) is 2.56. The number of aromatic nitrogens is 1. The number of rotatable bonds is 4. The van der Waals surface area contributed by atoms with Gasteiger partial charge in [-0.05, 0) is 6.07 Å². The van der Waals surface area contributed by atoms with E-state index in [1.165, 1.54) is 18.5 Å². The predicted octanol–water partition coefficient (Wildman–Crippen LogP) is -0.140. The van der Waals surface area contributed by atoms with E-state index in [1.807, 2.05) is 0 Å². The predicted molar refractivity (Wildman–Crippen MR) is 57.3 cm³/mol. The van der Waals surface area contributed by atoms with Gasteiger partial charge >= 0.3 is 12.0 Å². The smallest absolute Gasteiger partial charge is 0.337 e. The van der Waals surface area contributed by atoms with Crippen molar-refractivity contribution in [2.75, 3.05) is 18.4 Å². The standard InChI is InChI=1S/C9H12N4O3/c10-1-2-12-9(16)13-7-3-6(8(14)15)4-11-5-7/h3-5H,1-2,10H2,(H,14,15)(H2,12,13,16). The molecule has 0 aliphatic heterocycles. The molecular formula is C9H12N4O3. The van der Waals surface area contributed by atoms with Crippen molar-refractivity contribution >= 4 is 17.7 Å². The maximum Gasteiger partial charge on any atom is 0.337 e. The summed E-state index contributed by atoms with van der Waals surface area (Å²) in [7, 11) is 0. The highest BCUT2D eigenvalue weighted by molar-refractivity contribution is 5.92. The zero-order chi connectivity index (χ0) is 12.0. The SMILES string of the molecule is NCCNC(=O)Nc1cncc(C(=O)O)c1. The van der Waals surface area contributed by atoms with Crippen molar-refractivity contribution in [3.63, 3.8) is 0 Å². The Balaban J connectivity index is 2.63. The van der Waals surface area contributed by atoms with Crippen LogP contribution in [0.4, 0.5) is 10.5 Å². The summed E-state index contributed by atoms with van der Waals surface area (Å²) in [6, 6.07) is 0.868. The number of carboxylic acid groups (broad SMARTS) is 1. The van der Waals surface area contributed by atoms with Gasteiger partial charge in [-0.2, -0.15) is 0 Å². The van der Waals surface area contributed by atoms with Crippen LogP contribution < -0.4 is 16.4 Å². The van der Waals surface area contributed by atoms with Gasteiger partial charge in [0.25, 0.3) is 0 Å². The molecule has 86 valence electrons. The molecule has 1 aromatic rings. The zero-order valence-electron chi connectivity index (χ0n) is 8.43. The molecule has 0 bridgehead atoms. The van der Waals surface area contributed by atoms with Crippen molar-refractivity contribution in [2.45, 2.75) is 0 Å². The van der Waals surface area contributed by atoms with Crippen LogP contribution in [0, 0.1) is 0 Å². The molecule has 5 N–H and O–H groups in total. The van der Waals surface area contributed by atoms with Crippen LogP contribution >= 0.6 is 0 Å². The van der Waals surface area contributed by atoms with E-state index in [-0.39, 0.29) is 5.56 Å². The molecule has 0 aromatic carbocycles. The third-order valence-corrected chi connectivity index (χ3v) is 1.67. The van der Waals surface area contributed by atoms with Gasteiger partial charge < -0.3 is 21.5 Å².